The molecule has 1 atom stereocenters. The molecule has 0 radical (unpaired) electrons. The normalized spacial score (nSPS) is 20.1. The maximum absolute atomic E-state index is 12.1. The van der Waals surface area contributed by atoms with Gasteiger partial charge in [-0.25, -0.2) is 4.98 Å². The minimum Gasteiger partial charge on any atom is -0.380 e. The molecule has 1 fully saturated rings. The summed E-state index contributed by atoms with van der Waals surface area (Å²) in [5, 5.41) is 2.75. The minimum atomic E-state index is 0.132. The predicted octanol–water partition coefficient (Wildman–Crippen LogP) is 2.06. The highest BCUT2D eigenvalue weighted by atomic mass is 35.5. The number of hydrogen-bond acceptors (Lipinski definition) is 4. The zero-order chi connectivity index (χ0) is 13.0. The fraction of sp³-hybridized carbons (Fsp3) is 0.667. The molecule has 2 heterocycles. The standard InChI is InChI=1S/C12H17ClN2O2S/c1-17-10-3-2-4-15(7-10)12(16)5-11-14-9(6-13)8-18-11/h8,10H,2-7H2,1H3. The second-order valence-electron chi connectivity index (χ2n) is 4.38. The van der Waals surface area contributed by atoms with Crippen LogP contribution in [-0.2, 0) is 21.8 Å². The van der Waals surface area contributed by atoms with E-state index in [1.807, 2.05) is 10.3 Å². The Bertz CT molecular complexity index is 411. The van der Waals surface area contributed by atoms with Gasteiger partial charge >= 0.3 is 0 Å². The molecular weight excluding hydrogens is 272 g/mol. The third-order valence-electron chi connectivity index (χ3n) is 3.10. The van der Waals surface area contributed by atoms with E-state index in [9.17, 15) is 4.79 Å². The van der Waals surface area contributed by atoms with Gasteiger partial charge in [-0.3, -0.25) is 4.79 Å². The second-order valence-corrected chi connectivity index (χ2v) is 5.59. The maximum atomic E-state index is 12.1. The summed E-state index contributed by atoms with van der Waals surface area (Å²) < 4.78 is 5.32. The first-order valence-electron chi connectivity index (χ1n) is 6.02. The van der Waals surface area contributed by atoms with Crippen molar-refractivity contribution in [2.45, 2.75) is 31.2 Å². The highest BCUT2D eigenvalue weighted by molar-refractivity contribution is 7.09. The molecule has 0 saturated carbocycles. The lowest BCUT2D eigenvalue weighted by atomic mass is 10.1. The molecule has 1 aromatic heterocycles. The Kier molecular flexibility index (Phi) is 4.97. The number of carbonyl (C=O) groups is 1. The van der Waals surface area contributed by atoms with Crippen LogP contribution in [-0.4, -0.2) is 42.1 Å². The van der Waals surface area contributed by atoms with Crippen LogP contribution in [0.1, 0.15) is 23.5 Å². The SMILES string of the molecule is COC1CCCN(C(=O)Cc2nc(CCl)cs2)C1. The van der Waals surface area contributed by atoms with Gasteiger partial charge in [0.15, 0.2) is 0 Å². The Morgan fingerprint density at radius 1 is 1.72 bits per heavy atom. The van der Waals surface area contributed by atoms with E-state index < -0.39 is 0 Å². The quantitative estimate of drug-likeness (QED) is 0.797. The summed E-state index contributed by atoms with van der Waals surface area (Å²) in [5.41, 5.74) is 0.845. The molecule has 2 rings (SSSR count). The molecule has 1 unspecified atom stereocenters. The van der Waals surface area contributed by atoms with E-state index in [-0.39, 0.29) is 12.0 Å². The largest absolute Gasteiger partial charge is 0.380 e. The second kappa shape index (κ2) is 6.50. The summed E-state index contributed by atoms with van der Waals surface area (Å²) >= 11 is 7.19. The van der Waals surface area contributed by atoms with Gasteiger partial charge in [0, 0.05) is 25.6 Å². The number of alkyl halides is 1. The predicted molar refractivity (Wildman–Crippen MR) is 72.0 cm³/mol. The van der Waals surface area contributed by atoms with Crippen molar-refractivity contribution in [3.05, 3.63) is 16.1 Å². The Morgan fingerprint density at radius 2 is 2.56 bits per heavy atom. The molecule has 1 saturated heterocycles. The van der Waals surface area contributed by atoms with Gasteiger partial charge < -0.3 is 9.64 Å². The van der Waals surface area contributed by atoms with Crippen LogP contribution in [0.2, 0.25) is 0 Å². The molecule has 1 aliphatic heterocycles. The molecule has 1 aliphatic rings. The Balaban J connectivity index is 1.90. The van der Waals surface area contributed by atoms with Crippen LogP contribution >= 0.6 is 22.9 Å². The molecule has 4 nitrogen and oxygen atoms in total. The summed E-state index contributed by atoms with van der Waals surface area (Å²) in [6, 6.07) is 0. The van der Waals surface area contributed by atoms with Crippen LogP contribution in [0.5, 0.6) is 0 Å². The van der Waals surface area contributed by atoms with Crippen LogP contribution < -0.4 is 0 Å². The number of rotatable bonds is 4. The first-order chi connectivity index (χ1) is 8.72. The van der Waals surface area contributed by atoms with Crippen molar-refractivity contribution in [1.82, 2.24) is 9.88 Å². The van der Waals surface area contributed by atoms with Crippen LogP contribution in [0, 0.1) is 0 Å². The number of ether oxygens (including phenoxy) is 1. The van der Waals surface area contributed by atoms with Crippen molar-refractivity contribution in [3.8, 4) is 0 Å². The summed E-state index contributed by atoms with van der Waals surface area (Å²) in [6.07, 6.45) is 2.60. The lowest BCUT2D eigenvalue weighted by Crippen LogP contribution is -2.43. The summed E-state index contributed by atoms with van der Waals surface area (Å²) in [7, 11) is 1.70. The summed E-state index contributed by atoms with van der Waals surface area (Å²) in [4.78, 5) is 18.3. The van der Waals surface area contributed by atoms with Crippen molar-refractivity contribution in [3.63, 3.8) is 0 Å². The van der Waals surface area contributed by atoms with Gasteiger partial charge in [0.1, 0.15) is 5.01 Å². The number of aromatic nitrogens is 1. The summed E-state index contributed by atoms with van der Waals surface area (Å²) in [5.74, 6) is 0.535. The highest BCUT2D eigenvalue weighted by Gasteiger charge is 2.23. The van der Waals surface area contributed by atoms with Gasteiger partial charge in [0.05, 0.1) is 24.1 Å². The molecule has 1 aromatic rings. The average Bonchev–Trinajstić information content (AvgIpc) is 2.86. The van der Waals surface area contributed by atoms with Crippen LogP contribution in [0.25, 0.3) is 0 Å². The van der Waals surface area contributed by atoms with Crippen molar-refractivity contribution in [2.24, 2.45) is 0 Å². The molecular formula is C12H17ClN2O2S. The highest BCUT2D eigenvalue weighted by Crippen LogP contribution is 2.16. The number of halogens is 1. The zero-order valence-corrected chi connectivity index (χ0v) is 12.0. The number of hydrogen-bond donors (Lipinski definition) is 0. The minimum absolute atomic E-state index is 0.132. The van der Waals surface area contributed by atoms with Crippen molar-refractivity contribution >= 4 is 28.8 Å². The van der Waals surface area contributed by atoms with Crippen molar-refractivity contribution in [1.29, 1.82) is 0 Å². The molecule has 1 amide bonds. The Morgan fingerprint density at radius 3 is 3.22 bits per heavy atom. The number of amides is 1. The van der Waals surface area contributed by atoms with E-state index in [1.54, 1.807) is 7.11 Å². The fourth-order valence-electron chi connectivity index (χ4n) is 2.09. The molecule has 0 spiro atoms. The maximum Gasteiger partial charge on any atom is 0.229 e. The third kappa shape index (κ3) is 3.43. The van der Waals surface area contributed by atoms with Gasteiger partial charge in [0.2, 0.25) is 5.91 Å². The number of carbonyl (C=O) groups excluding carboxylic acids is 1. The monoisotopic (exact) mass is 288 g/mol. The topological polar surface area (TPSA) is 42.4 Å². The van der Waals surface area contributed by atoms with Crippen molar-refractivity contribution < 1.29 is 9.53 Å². The zero-order valence-electron chi connectivity index (χ0n) is 10.4. The van der Waals surface area contributed by atoms with Crippen molar-refractivity contribution in [2.75, 3.05) is 20.2 Å². The van der Waals surface area contributed by atoms with Gasteiger partial charge in [-0.1, -0.05) is 0 Å². The Labute approximate surface area is 116 Å². The molecule has 0 aliphatic carbocycles. The number of thiazole rings is 1. The summed E-state index contributed by atoms with van der Waals surface area (Å²) in [6.45, 7) is 1.52. The molecule has 0 aromatic carbocycles. The Hall–Kier alpha value is -0.650. The molecule has 0 bridgehead atoms. The molecule has 6 heteroatoms. The van der Waals surface area contributed by atoms with Gasteiger partial charge in [-0.15, -0.1) is 22.9 Å². The van der Waals surface area contributed by atoms with E-state index in [0.717, 1.165) is 30.1 Å². The lowest BCUT2D eigenvalue weighted by molar-refractivity contribution is -0.134. The van der Waals surface area contributed by atoms with Crippen LogP contribution in [0.15, 0.2) is 5.38 Å². The molecule has 0 N–H and O–H groups in total. The third-order valence-corrected chi connectivity index (χ3v) is 4.27. The van der Waals surface area contributed by atoms with E-state index in [4.69, 9.17) is 16.3 Å². The number of methoxy groups -OCH3 is 1. The molecule has 18 heavy (non-hydrogen) atoms. The fourth-order valence-corrected chi connectivity index (χ4v) is 3.10. The van der Waals surface area contributed by atoms with Gasteiger partial charge in [0.25, 0.3) is 0 Å². The van der Waals surface area contributed by atoms with Crippen LogP contribution in [0.3, 0.4) is 0 Å². The molecule has 100 valence electrons. The van der Waals surface area contributed by atoms with Gasteiger partial charge in [-0.05, 0) is 12.8 Å². The van der Waals surface area contributed by atoms with E-state index in [2.05, 4.69) is 4.98 Å². The number of likely N-dealkylation sites (tertiary alicyclic amines) is 1. The number of piperidine rings is 1. The first kappa shape index (κ1) is 13.8. The lowest BCUT2D eigenvalue weighted by Gasteiger charge is -2.31. The van der Waals surface area contributed by atoms with E-state index >= 15 is 0 Å². The first-order valence-corrected chi connectivity index (χ1v) is 7.44. The average molecular weight is 289 g/mol. The van der Waals surface area contributed by atoms with Gasteiger partial charge in [-0.2, -0.15) is 0 Å². The smallest absolute Gasteiger partial charge is 0.229 e. The van der Waals surface area contributed by atoms with E-state index in [0.29, 0.717) is 18.8 Å². The van der Waals surface area contributed by atoms with Crippen LogP contribution in [0.4, 0.5) is 0 Å². The van der Waals surface area contributed by atoms with E-state index in [1.165, 1.54) is 11.3 Å². The number of nitrogens with zero attached hydrogens (tertiary/aromatic N) is 2.